The number of alkyl carbamates (subject to hydrolysis) is 1. The van der Waals surface area contributed by atoms with E-state index in [1.165, 1.54) is 0 Å². The van der Waals surface area contributed by atoms with Crippen molar-refractivity contribution in [2.45, 2.75) is 91.1 Å². The van der Waals surface area contributed by atoms with Gasteiger partial charge in [0.05, 0.1) is 46.5 Å². The number of fused-ring (bicyclic) bond motifs is 2. The predicted octanol–water partition coefficient (Wildman–Crippen LogP) is 10.9. The first-order chi connectivity index (χ1) is 33.0. The number of benzene rings is 5. The van der Waals surface area contributed by atoms with Gasteiger partial charge in [-0.1, -0.05) is 125 Å². The molecule has 0 unspecified atom stereocenters. The van der Waals surface area contributed by atoms with Crippen molar-refractivity contribution < 1.29 is 28.7 Å². The van der Waals surface area contributed by atoms with Gasteiger partial charge in [0.25, 0.3) is 0 Å². The molecule has 72 heavy (non-hydrogen) atoms. The lowest BCUT2D eigenvalue weighted by Crippen LogP contribution is -2.51. The van der Waals surface area contributed by atoms with E-state index in [1.807, 2.05) is 110 Å². The fourth-order valence-electron chi connectivity index (χ4n) is 9.60. The number of H-pyrrole nitrogens is 2. The molecule has 5 aromatic carbocycles. The maximum Gasteiger partial charge on any atom is 0.408 e. The van der Waals surface area contributed by atoms with Crippen molar-refractivity contribution in [1.82, 2.24) is 35.1 Å². The third-order valence-corrected chi connectivity index (χ3v) is 13.4. The molecule has 4 heterocycles. The smallest absolute Gasteiger partial charge is 0.408 e. The van der Waals surface area contributed by atoms with Gasteiger partial charge in [0.15, 0.2) is 0 Å². The van der Waals surface area contributed by atoms with Crippen LogP contribution in [-0.4, -0.2) is 72.7 Å². The zero-order valence-corrected chi connectivity index (χ0v) is 45.1. The summed E-state index contributed by atoms with van der Waals surface area (Å²) in [5.74, 6) is 0.254. The molecule has 3 N–H and O–H groups in total. The molecule has 2 aliphatic heterocycles. The van der Waals surface area contributed by atoms with Crippen LogP contribution in [0.4, 0.5) is 4.79 Å². The average molecular weight is 1050 g/mol. The molecule has 13 nitrogen and oxygen atoms in total. The van der Waals surface area contributed by atoms with Gasteiger partial charge in [-0.15, -0.1) is 0 Å². The molecule has 2 aliphatic rings. The van der Waals surface area contributed by atoms with Gasteiger partial charge in [0.2, 0.25) is 11.8 Å². The van der Waals surface area contributed by atoms with Crippen molar-refractivity contribution in [1.29, 1.82) is 0 Å². The fourth-order valence-corrected chi connectivity index (χ4v) is 9.60. The molecular weight excluding hydrogens is 983 g/mol. The molecule has 2 aromatic heterocycles. The standard InChI is InChI=1S/C55H59N7O6.4H2S/c1-34(2)42(31-49(63)67-32-36-13-7-5-8-14-36)53(64)61-27-11-17-47(61)51-56-43-25-23-40(29-45(43)58-51)38-19-21-39(22-20-38)41-24-26-44-46(30-41)59-52(57-44)48-18-12-28-62(48)54(65)50(35(3)4)60-55(66)68-33-37-15-9-6-10-16-37;;;;/h5-10,13-16,19-26,29-30,34-35,42,47-48,50H,11-12,17-18,27-28,31-33H2,1-4H3,(H,56,58)(H,57,59)(H,60,66);4*1H2/t42-,47-,48-,50-;;;;/m0..../s1. The van der Waals surface area contributed by atoms with Crippen LogP contribution in [0.25, 0.3) is 44.3 Å². The topological polar surface area (TPSA) is 163 Å². The van der Waals surface area contributed by atoms with E-state index in [1.54, 1.807) is 0 Å². The zero-order chi connectivity index (χ0) is 47.3. The Balaban J connectivity index is 0.00000241. The molecular formula is C55H67N7O6S4. The van der Waals surface area contributed by atoms with Gasteiger partial charge in [-0.05, 0) is 95.2 Å². The number of nitrogens with zero attached hydrogens (tertiary/aromatic N) is 4. The maximum absolute atomic E-state index is 14.1. The first-order valence-corrected chi connectivity index (χ1v) is 23.9. The molecule has 2 fully saturated rings. The molecule has 9 rings (SSSR count). The van der Waals surface area contributed by atoms with E-state index in [0.29, 0.717) is 13.1 Å². The molecule has 17 heteroatoms. The number of nitrogens with one attached hydrogen (secondary N) is 3. The van der Waals surface area contributed by atoms with Gasteiger partial charge in [0, 0.05) is 13.1 Å². The largest absolute Gasteiger partial charge is 0.461 e. The number of ether oxygens (including phenoxy) is 2. The van der Waals surface area contributed by atoms with Crippen LogP contribution in [0, 0.1) is 17.8 Å². The number of esters is 1. The number of hydrogen-bond acceptors (Lipinski definition) is 8. The Morgan fingerprint density at radius 3 is 1.49 bits per heavy atom. The third-order valence-electron chi connectivity index (χ3n) is 13.4. The fraction of sp³-hybridized carbons (Fsp3) is 0.345. The van der Waals surface area contributed by atoms with Crippen LogP contribution in [0.5, 0.6) is 0 Å². The lowest BCUT2D eigenvalue weighted by atomic mass is 9.90. The van der Waals surface area contributed by atoms with Crippen molar-refractivity contribution in [3.8, 4) is 22.3 Å². The number of amides is 3. The predicted molar refractivity (Wildman–Crippen MR) is 303 cm³/mol. The van der Waals surface area contributed by atoms with Crippen molar-refractivity contribution in [3.63, 3.8) is 0 Å². The van der Waals surface area contributed by atoms with E-state index in [0.717, 1.165) is 92.8 Å². The highest BCUT2D eigenvalue weighted by Crippen LogP contribution is 2.37. The van der Waals surface area contributed by atoms with Gasteiger partial charge in [-0.3, -0.25) is 14.4 Å². The minimum absolute atomic E-state index is 0. The number of hydrogen-bond donors (Lipinski definition) is 3. The molecule has 0 spiro atoms. The lowest BCUT2D eigenvalue weighted by molar-refractivity contribution is -0.151. The quantitative estimate of drug-likeness (QED) is 0.0855. The molecule has 2 saturated heterocycles. The summed E-state index contributed by atoms with van der Waals surface area (Å²) in [6.45, 7) is 9.31. The minimum atomic E-state index is -0.739. The van der Waals surface area contributed by atoms with Gasteiger partial charge < -0.3 is 34.6 Å². The monoisotopic (exact) mass is 1050 g/mol. The van der Waals surface area contributed by atoms with E-state index >= 15 is 0 Å². The highest BCUT2D eigenvalue weighted by molar-refractivity contribution is 7.59. The van der Waals surface area contributed by atoms with E-state index in [4.69, 9.17) is 19.4 Å². The van der Waals surface area contributed by atoms with E-state index in [2.05, 4.69) is 63.8 Å². The van der Waals surface area contributed by atoms with Gasteiger partial charge in [-0.2, -0.15) is 54.0 Å². The van der Waals surface area contributed by atoms with Crippen LogP contribution < -0.4 is 5.32 Å². The Kier molecular flexibility index (Phi) is 20.3. The Morgan fingerprint density at radius 1 is 0.583 bits per heavy atom. The summed E-state index contributed by atoms with van der Waals surface area (Å²) in [5, 5.41) is 2.83. The lowest BCUT2D eigenvalue weighted by Gasteiger charge is -2.30. The van der Waals surface area contributed by atoms with Crippen LogP contribution in [0.2, 0.25) is 0 Å². The van der Waals surface area contributed by atoms with Crippen LogP contribution in [-0.2, 0) is 37.1 Å². The number of aromatic amines is 2. The zero-order valence-electron chi connectivity index (χ0n) is 41.1. The van der Waals surface area contributed by atoms with Crippen LogP contribution in [0.1, 0.15) is 94.7 Å². The Bertz CT molecular complexity index is 2720. The summed E-state index contributed by atoms with van der Waals surface area (Å²) in [6, 6.07) is 38.7. The third kappa shape index (κ3) is 13.0. The summed E-state index contributed by atoms with van der Waals surface area (Å²) in [5.41, 5.74) is 9.38. The molecule has 0 bridgehead atoms. The van der Waals surface area contributed by atoms with Crippen LogP contribution >= 0.6 is 54.0 Å². The van der Waals surface area contributed by atoms with Gasteiger partial charge >= 0.3 is 12.1 Å². The van der Waals surface area contributed by atoms with E-state index in [-0.39, 0.29) is 115 Å². The van der Waals surface area contributed by atoms with Crippen molar-refractivity contribution in [3.05, 3.63) is 144 Å². The SMILES string of the molecule is CC(C)[C@H](CC(=O)OCc1ccccc1)C(=O)N1CCC[C@H]1c1nc2ccc(-c3ccc(-c4ccc5nc([C@@H]6CCCN6C(=O)[C@@H](NC(=O)OCc6ccccc6)C(C)C)[nH]c5c4)cc3)cc2[nH]1.S.S.S.S. The van der Waals surface area contributed by atoms with Crippen molar-refractivity contribution in [2.24, 2.45) is 17.8 Å². The molecule has 0 aliphatic carbocycles. The van der Waals surface area contributed by atoms with Gasteiger partial charge in [-0.25, -0.2) is 14.8 Å². The summed E-state index contributed by atoms with van der Waals surface area (Å²) in [6.07, 6.45) is 2.66. The number of carbonyl (C=O) groups is 4. The second kappa shape index (κ2) is 25.7. The van der Waals surface area contributed by atoms with Crippen molar-refractivity contribution in [2.75, 3.05) is 13.1 Å². The summed E-state index contributed by atoms with van der Waals surface area (Å²) in [7, 11) is 0. The normalized spacial score (nSPS) is 16.0. The van der Waals surface area contributed by atoms with Crippen LogP contribution in [0.3, 0.4) is 0 Å². The molecule has 0 saturated carbocycles. The minimum Gasteiger partial charge on any atom is -0.461 e. The Morgan fingerprint density at radius 2 is 1.03 bits per heavy atom. The highest BCUT2D eigenvalue weighted by atomic mass is 32.1. The number of rotatable bonds is 15. The Hall–Kier alpha value is -5.88. The van der Waals surface area contributed by atoms with E-state index < -0.39 is 18.1 Å². The van der Waals surface area contributed by atoms with Crippen molar-refractivity contribution >= 4 is 99.9 Å². The summed E-state index contributed by atoms with van der Waals surface area (Å²) >= 11 is 0. The van der Waals surface area contributed by atoms with Crippen LogP contribution in [0.15, 0.2) is 121 Å². The number of likely N-dealkylation sites (tertiary alicyclic amines) is 2. The molecule has 7 aromatic rings. The summed E-state index contributed by atoms with van der Waals surface area (Å²) in [4.78, 5) is 74.5. The average Bonchev–Trinajstić information content (AvgIpc) is 4.20. The molecule has 4 atom stereocenters. The first-order valence-electron chi connectivity index (χ1n) is 23.9. The van der Waals surface area contributed by atoms with E-state index in [9.17, 15) is 19.2 Å². The second-order valence-electron chi connectivity index (χ2n) is 18.8. The summed E-state index contributed by atoms with van der Waals surface area (Å²) < 4.78 is 11.0. The highest BCUT2D eigenvalue weighted by Gasteiger charge is 2.39. The van der Waals surface area contributed by atoms with Gasteiger partial charge in [0.1, 0.15) is 30.9 Å². The molecule has 382 valence electrons. The molecule has 3 amide bonds. The number of carbonyl (C=O) groups excluding carboxylic acids is 4. The Labute approximate surface area is 449 Å². The molecule has 0 radical (unpaired) electrons. The number of imidazole rings is 2. The number of aromatic nitrogens is 4. The first kappa shape index (κ1) is 57.0. The second-order valence-corrected chi connectivity index (χ2v) is 18.8. The maximum atomic E-state index is 14.1.